The van der Waals surface area contributed by atoms with Gasteiger partial charge in [-0.2, -0.15) is 0 Å². The monoisotopic (exact) mass is 322 g/mol. The zero-order chi connectivity index (χ0) is 15.4. The zero-order valence-corrected chi connectivity index (χ0v) is 14.0. The molecule has 3 rings (SSSR count). The average molecular weight is 323 g/mol. The van der Waals surface area contributed by atoms with Gasteiger partial charge in [0.2, 0.25) is 0 Å². The number of piperidine rings is 1. The smallest absolute Gasteiger partial charge is 0.0917 e. The molecule has 2 saturated heterocycles. The third-order valence-electron chi connectivity index (χ3n) is 5.08. The molecule has 0 amide bonds. The number of hydrogen-bond donors (Lipinski definition) is 1. The molecule has 2 heterocycles. The molecule has 0 aromatic heterocycles. The molecule has 2 aliphatic rings. The molecule has 0 spiro atoms. The Balaban J connectivity index is 1.54. The van der Waals surface area contributed by atoms with Crippen molar-refractivity contribution in [3.05, 3.63) is 34.9 Å². The van der Waals surface area contributed by atoms with Crippen molar-refractivity contribution < 1.29 is 5.11 Å². The average Bonchev–Trinajstić information content (AvgIpc) is 2.96. The van der Waals surface area contributed by atoms with Crippen molar-refractivity contribution in [2.75, 3.05) is 32.7 Å². The van der Waals surface area contributed by atoms with Gasteiger partial charge in [0.1, 0.15) is 0 Å². The van der Waals surface area contributed by atoms with E-state index in [1.807, 2.05) is 24.3 Å². The summed E-state index contributed by atoms with van der Waals surface area (Å²) in [6, 6.07) is 8.19. The molecule has 4 heteroatoms. The van der Waals surface area contributed by atoms with Crippen LogP contribution in [0.15, 0.2) is 24.3 Å². The van der Waals surface area contributed by atoms with Crippen molar-refractivity contribution in [3.63, 3.8) is 0 Å². The first-order valence-electron chi connectivity index (χ1n) is 8.62. The Labute approximate surface area is 138 Å². The summed E-state index contributed by atoms with van der Waals surface area (Å²) in [6.07, 6.45) is 6.19. The van der Waals surface area contributed by atoms with E-state index in [0.717, 1.165) is 23.7 Å². The molecule has 2 atom stereocenters. The van der Waals surface area contributed by atoms with E-state index in [4.69, 9.17) is 11.6 Å². The van der Waals surface area contributed by atoms with Crippen LogP contribution < -0.4 is 0 Å². The fraction of sp³-hybridized carbons (Fsp3) is 0.667. The Morgan fingerprint density at radius 2 is 1.77 bits per heavy atom. The lowest BCUT2D eigenvalue weighted by Crippen LogP contribution is -2.43. The van der Waals surface area contributed by atoms with E-state index in [1.165, 1.54) is 51.7 Å². The highest BCUT2D eigenvalue weighted by atomic mass is 35.5. The van der Waals surface area contributed by atoms with E-state index in [1.54, 1.807) is 0 Å². The first-order chi connectivity index (χ1) is 10.7. The predicted molar refractivity (Wildman–Crippen MR) is 91.3 cm³/mol. The van der Waals surface area contributed by atoms with Crippen LogP contribution in [-0.2, 0) is 0 Å². The van der Waals surface area contributed by atoms with Crippen molar-refractivity contribution in [1.29, 1.82) is 0 Å². The lowest BCUT2D eigenvalue weighted by Gasteiger charge is -2.33. The van der Waals surface area contributed by atoms with Crippen LogP contribution in [0, 0.1) is 0 Å². The maximum Gasteiger partial charge on any atom is 0.0917 e. The molecule has 0 radical (unpaired) electrons. The van der Waals surface area contributed by atoms with Crippen molar-refractivity contribution in [1.82, 2.24) is 9.80 Å². The lowest BCUT2D eigenvalue weighted by molar-refractivity contribution is 0.0878. The summed E-state index contributed by atoms with van der Waals surface area (Å²) < 4.78 is 0. The summed E-state index contributed by atoms with van der Waals surface area (Å²) in [5.41, 5.74) is 0.966. The molecule has 1 aromatic carbocycles. The van der Waals surface area contributed by atoms with E-state index >= 15 is 0 Å². The second kappa shape index (κ2) is 7.78. The highest BCUT2D eigenvalue weighted by Gasteiger charge is 2.28. The summed E-state index contributed by atoms with van der Waals surface area (Å²) in [6.45, 7) is 5.53. The quantitative estimate of drug-likeness (QED) is 0.901. The van der Waals surface area contributed by atoms with Crippen LogP contribution in [0.4, 0.5) is 0 Å². The van der Waals surface area contributed by atoms with Crippen LogP contribution in [0.1, 0.15) is 43.8 Å². The molecule has 2 aliphatic heterocycles. The van der Waals surface area contributed by atoms with Crippen molar-refractivity contribution in [3.8, 4) is 0 Å². The largest absolute Gasteiger partial charge is 0.387 e. The van der Waals surface area contributed by atoms with Crippen LogP contribution in [0.5, 0.6) is 0 Å². The number of hydrogen-bond acceptors (Lipinski definition) is 3. The molecular weight excluding hydrogens is 296 g/mol. The van der Waals surface area contributed by atoms with Gasteiger partial charge in [0.25, 0.3) is 0 Å². The number of likely N-dealkylation sites (tertiary alicyclic amines) is 2. The fourth-order valence-corrected chi connectivity index (χ4v) is 3.92. The summed E-state index contributed by atoms with van der Waals surface area (Å²) in [5.74, 6) is 0. The normalized spacial score (nSPS) is 25.5. The highest BCUT2D eigenvalue weighted by molar-refractivity contribution is 6.30. The minimum absolute atomic E-state index is 0.417. The minimum atomic E-state index is -0.417. The first-order valence-corrected chi connectivity index (χ1v) is 9.00. The van der Waals surface area contributed by atoms with Gasteiger partial charge in [0.05, 0.1) is 6.10 Å². The number of halogens is 1. The predicted octanol–water partition coefficient (Wildman–Crippen LogP) is 3.32. The Kier molecular flexibility index (Phi) is 5.75. The SMILES string of the molecule is OC(CN1CCCC1CN1CCCCC1)c1ccc(Cl)cc1. The van der Waals surface area contributed by atoms with E-state index < -0.39 is 6.10 Å². The Bertz CT molecular complexity index is 459. The Morgan fingerprint density at radius 3 is 2.50 bits per heavy atom. The molecule has 3 nitrogen and oxygen atoms in total. The van der Waals surface area contributed by atoms with Crippen molar-refractivity contribution in [2.45, 2.75) is 44.2 Å². The number of nitrogens with zero attached hydrogens (tertiary/aromatic N) is 2. The molecule has 2 fully saturated rings. The van der Waals surface area contributed by atoms with Crippen LogP contribution >= 0.6 is 11.6 Å². The fourth-order valence-electron chi connectivity index (χ4n) is 3.79. The van der Waals surface area contributed by atoms with Crippen LogP contribution in [0.3, 0.4) is 0 Å². The molecule has 22 heavy (non-hydrogen) atoms. The van der Waals surface area contributed by atoms with Gasteiger partial charge in [-0.1, -0.05) is 30.2 Å². The molecule has 1 N–H and O–H groups in total. The number of aliphatic hydroxyl groups excluding tert-OH is 1. The van der Waals surface area contributed by atoms with Gasteiger partial charge in [-0.15, -0.1) is 0 Å². The van der Waals surface area contributed by atoms with Crippen molar-refractivity contribution >= 4 is 11.6 Å². The maximum atomic E-state index is 10.5. The van der Waals surface area contributed by atoms with E-state index in [-0.39, 0.29) is 0 Å². The number of benzene rings is 1. The van der Waals surface area contributed by atoms with Crippen LogP contribution in [-0.4, -0.2) is 53.7 Å². The second-order valence-electron chi connectivity index (χ2n) is 6.72. The highest BCUT2D eigenvalue weighted by Crippen LogP contribution is 2.24. The Morgan fingerprint density at radius 1 is 1.05 bits per heavy atom. The topological polar surface area (TPSA) is 26.7 Å². The van der Waals surface area contributed by atoms with E-state index in [2.05, 4.69) is 9.80 Å². The van der Waals surface area contributed by atoms with E-state index in [9.17, 15) is 5.11 Å². The number of rotatable bonds is 5. The summed E-state index contributed by atoms with van der Waals surface area (Å²) in [4.78, 5) is 5.09. The third-order valence-corrected chi connectivity index (χ3v) is 5.33. The van der Waals surface area contributed by atoms with Gasteiger partial charge in [-0.25, -0.2) is 0 Å². The van der Waals surface area contributed by atoms with Gasteiger partial charge >= 0.3 is 0 Å². The number of aliphatic hydroxyl groups is 1. The molecule has 0 aliphatic carbocycles. The van der Waals surface area contributed by atoms with Crippen LogP contribution in [0.25, 0.3) is 0 Å². The number of β-amino-alcohol motifs (C(OH)–C–C–N with tert-alkyl or cyclic N) is 1. The van der Waals surface area contributed by atoms with E-state index in [0.29, 0.717) is 6.04 Å². The molecule has 122 valence electrons. The summed E-state index contributed by atoms with van der Waals surface area (Å²) in [7, 11) is 0. The maximum absolute atomic E-state index is 10.5. The minimum Gasteiger partial charge on any atom is -0.387 e. The lowest BCUT2D eigenvalue weighted by atomic mass is 10.1. The first kappa shape index (κ1) is 16.3. The standard InChI is InChI=1S/C18H27ClN2O/c19-16-8-6-15(7-9-16)18(22)14-21-12-4-5-17(21)13-20-10-2-1-3-11-20/h6-9,17-18,22H,1-5,10-14H2. The molecule has 2 unspecified atom stereocenters. The van der Waals surface area contributed by atoms with Gasteiger partial charge in [0, 0.05) is 24.2 Å². The van der Waals surface area contributed by atoms with Gasteiger partial charge in [-0.3, -0.25) is 4.90 Å². The summed E-state index contributed by atoms with van der Waals surface area (Å²) >= 11 is 5.92. The van der Waals surface area contributed by atoms with Crippen molar-refractivity contribution in [2.24, 2.45) is 0 Å². The second-order valence-corrected chi connectivity index (χ2v) is 7.16. The molecular formula is C18H27ClN2O. The van der Waals surface area contributed by atoms with Gasteiger partial charge < -0.3 is 10.0 Å². The molecule has 0 bridgehead atoms. The molecule has 0 saturated carbocycles. The third kappa shape index (κ3) is 4.23. The Hall–Kier alpha value is -0.610. The van der Waals surface area contributed by atoms with Gasteiger partial charge in [0.15, 0.2) is 0 Å². The summed E-state index contributed by atoms with van der Waals surface area (Å²) in [5, 5.41) is 11.2. The van der Waals surface area contributed by atoms with Gasteiger partial charge in [-0.05, 0) is 63.0 Å². The zero-order valence-electron chi connectivity index (χ0n) is 13.3. The molecule has 1 aromatic rings. The van der Waals surface area contributed by atoms with Crippen LogP contribution in [0.2, 0.25) is 5.02 Å².